The summed E-state index contributed by atoms with van der Waals surface area (Å²) in [6, 6.07) is 5.55. The summed E-state index contributed by atoms with van der Waals surface area (Å²) in [4.78, 5) is 5.15. The third-order valence-electron chi connectivity index (χ3n) is 2.07. The van der Waals surface area contributed by atoms with Gasteiger partial charge in [0.2, 0.25) is 0 Å². The van der Waals surface area contributed by atoms with Gasteiger partial charge in [-0.25, -0.2) is 0 Å². The molecule has 1 nitrogen and oxygen atoms in total. The highest BCUT2D eigenvalue weighted by Gasteiger charge is 2.00. The molecule has 0 spiro atoms. The van der Waals surface area contributed by atoms with E-state index in [1.165, 1.54) is 0 Å². The minimum atomic E-state index is 0.643. The van der Waals surface area contributed by atoms with Crippen LogP contribution in [-0.4, -0.2) is 6.21 Å². The average molecular weight is 264 g/mol. The van der Waals surface area contributed by atoms with Crippen LogP contribution < -0.4 is 0 Å². The summed E-state index contributed by atoms with van der Waals surface area (Å²) in [5.74, 6) is 0. The van der Waals surface area contributed by atoms with Gasteiger partial charge in [-0.2, -0.15) is 0 Å². The third-order valence-corrected chi connectivity index (χ3v) is 2.79. The molecular formula is C14H14ClNS. The van der Waals surface area contributed by atoms with Crippen molar-refractivity contribution in [3.05, 3.63) is 65.4 Å². The fraction of sp³-hybridized carbons (Fsp3) is 0.0714. The Morgan fingerprint density at radius 2 is 2.24 bits per heavy atom. The monoisotopic (exact) mass is 263 g/mol. The van der Waals surface area contributed by atoms with Gasteiger partial charge in [0.1, 0.15) is 0 Å². The molecule has 0 fully saturated rings. The van der Waals surface area contributed by atoms with E-state index < -0.39 is 0 Å². The van der Waals surface area contributed by atoms with Gasteiger partial charge in [-0.3, -0.25) is 4.99 Å². The van der Waals surface area contributed by atoms with Gasteiger partial charge in [0.15, 0.2) is 0 Å². The fourth-order valence-corrected chi connectivity index (χ4v) is 1.73. The molecule has 0 bridgehead atoms. The van der Waals surface area contributed by atoms with Crippen LogP contribution in [0.25, 0.3) is 0 Å². The molecule has 0 N–H and O–H groups in total. The van der Waals surface area contributed by atoms with Gasteiger partial charge in [-0.05, 0) is 25.1 Å². The van der Waals surface area contributed by atoms with Gasteiger partial charge >= 0.3 is 0 Å². The molecule has 0 amide bonds. The number of aliphatic imine (C=N–C) groups is 1. The largest absolute Gasteiger partial charge is 0.257 e. The quantitative estimate of drug-likeness (QED) is 0.460. The lowest BCUT2D eigenvalue weighted by Gasteiger charge is -2.01. The molecule has 0 saturated heterocycles. The maximum Gasteiger partial charge on any atom is 0.0587 e. The summed E-state index contributed by atoms with van der Waals surface area (Å²) in [5.41, 5.74) is 1.67. The maximum absolute atomic E-state index is 6.07. The summed E-state index contributed by atoms with van der Waals surface area (Å²) >= 11 is 10.4. The van der Waals surface area contributed by atoms with Crippen LogP contribution in [0.15, 0.2) is 64.7 Å². The van der Waals surface area contributed by atoms with Gasteiger partial charge in [-0.1, -0.05) is 42.5 Å². The molecule has 0 aromatic heterocycles. The second kappa shape index (κ2) is 7.15. The molecular weight excluding hydrogens is 250 g/mol. The number of hydrogen-bond donors (Lipinski definition) is 1. The van der Waals surface area contributed by atoms with Crippen LogP contribution >= 0.6 is 24.2 Å². The van der Waals surface area contributed by atoms with E-state index in [1.807, 2.05) is 43.4 Å². The van der Waals surface area contributed by atoms with Gasteiger partial charge in [0.05, 0.1) is 10.7 Å². The molecule has 0 aliphatic heterocycles. The number of rotatable bonds is 4. The van der Waals surface area contributed by atoms with Crippen molar-refractivity contribution in [3.8, 4) is 0 Å². The summed E-state index contributed by atoms with van der Waals surface area (Å²) in [6.45, 7) is 5.54. The van der Waals surface area contributed by atoms with E-state index in [2.05, 4.69) is 24.2 Å². The van der Waals surface area contributed by atoms with Crippen molar-refractivity contribution >= 4 is 30.4 Å². The first kappa shape index (κ1) is 13.8. The van der Waals surface area contributed by atoms with E-state index >= 15 is 0 Å². The van der Waals surface area contributed by atoms with Crippen LogP contribution in [0, 0.1) is 0 Å². The Balaban J connectivity index is 2.97. The van der Waals surface area contributed by atoms with Crippen LogP contribution in [0.3, 0.4) is 0 Å². The van der Waals surface area contributed by atoms with E-state index in [1.54, 1.807) is 12.3 Å². The fourth-order valence-electron chi connectivity index (χ4n) is 1.17. The lowest BCUT2D eigenvalue weighted by molar-refractivity contribution is 1.37. The summed E-state index contributed by atoms with van der Waals surface area (Å²) in [6.07, 6.45) is 9.04. The molecule has 0 unspecified atom stereocenters. The zero-order valence-electron chi connectivity index (χ0n) is 9.60. The number of hydrogen-bond acceptors (Lipinski definition) is 2. The van der Waals surface area contributed by atoms with Gasteiger partial charge < -0.3 is 0 Å². The second-order valence-corrected chi connectivity index (χ2v) is 4.13. The Bertz CT molecular complexity index is 467. The SMILES string of the molecule is C=C/C=C\C(=C/C)N=Cc1c(S)cccc1Cl. The predicted molar refractivity (Wildman–Crippen MR) is 79.4 cm³/mol. The lowest BCUT2D eigenvalue weighted by Crippen LogP contribution is -1.86. The number of allylic oxidation sites excluding steroid dienone is 4. The molecule has 88 valence electrons. The molecule has 0 aliphatic rings. The number of nitrogens with zero attached hydrogens (tertiary/aromatic N) is 1. The van der Waals surface area contributed by atoms with Crippen molar-refractivity contribution in [2.75, 3.05) is 0 Å². The highest BCUT2D eigenvalue weighted by molar-refractivity contribution is 7.80. The molecule has 3 heteroatoms. The normalized spacial score (nSPS) is 12.5. The molecule has 1 aromatic rings. The molecule has 1 aromatic carbocycles. The second-order valence-electron chi connectivity index (χ2n) is 3.24. The summed E-state index contributed by atoms with van der Waals surface area (Å²) in [7, 11) is 0. The van der Waals surface area contributed by atoms with E-state index in [4.69, 9.17) is 11.6 Å². The van der Waals surface area contributed by atoms with Crippen LogP contribution in [0.1, 0.15) is 12.5 Å². The van der Waals surface area contributed by atoms with Crippen molar-refractivity contribution in [3.63, 3.8) is 0 Å². The van der Waals surface area contributed by atoms with Crippen molar-refractivity contribution in [2.45, 2.75) is 11.8 Å². The first-order chi connectivity index (χ1) is 8.19. The Kier molecular flexibility index (Phi) is 5.81. The highest BCUT2D eigenvalue weighted by atomic mass is 35.5. The van der Waals surface area contributed by atoms with Crippen molar-refractivity contribution in [1.29, 1.82) is 0 Å². The highest BCUT2D eigenvalue weighted by Crippen LogP contribution is 2.21. The Labute approximate surface area is 113 Å². The van der Waals surface area contributed by atoms with Crippen LogP contribution in [0.4, 0.5) is 0 Å². The Hall–Kier alpha value is -1.25. The zero-order chi connectivity index (χ0) is 12.7. The van der Waals surface area contributed by atoms with Crippen LogP contribution in [0.5, 0.6) is 0 Å². The standard InChI is InChI=1S/C14H14ClNS/c1-3-5-7-11(4-2)16-10-12-13(15)8-6-9-14(12)17/h3-10,17H,1H2,2H3/b7-5-,11-4+,16-10?. The van der Waals surface area contributed by atoms with Gasteiger partial charge in [0, 0.05) is 16.7 Å². The van der Waals surface area contributed by atoms with E-state index in [-0.39, 0.29) is 0 Å². The van der Waals surface area contributed by atoms with Crippen molar-refractivity contribution in [2.24, 2.45) is 4.99 Å². The number of halogens is 1. The van der Waals surface area contributed by atoms with E-state index in [0.29, 0.717) is 5.02 Å². The van der Waals surface area contributed by atoms with Crippen LogP contribution in [-0.2, 0) is 0 Å². The Morgan fingerprint density at radius 3 is 2.82 bits per heavy atom. The van der Waals surface area contributed by atoms with Crippen molar-refractivity contribution in [1.82, 2.24) is 0 Å². The first-order valence-electron chi connectivity index (χ1n) is 5.16. The van der Waals surface area contributed by atoms with Crippen molar-refractivity contribution < 1.29 is 0 Å². The lowest BCUT2D eigenvalue weighted by atomic mass is 10.2. The summed E-state index contributed by atoms with van der Waals surface area (Å²) < 4.78 is 0. The topological polar surface area (TPSA) is 12.4 Å². The number of benzene rings is 1. The smallest absolute Gasteiger partial charge is 0.0587 e. The number of thiol groups is 1. The molecule has 1 rings (SSSR count). The predicted octanol–water partition coefficient (Wildman–Crippen LogP) is 4.69. The average Bonchev–Trinajstić information content (AvgIpc) is 2.32. The summed E-state index contributed by atoms with van der Waals surface area (Å²) in [5, 5.41) is 0.643. The third kappa shape index (κ3) is 4.25. The first-order valence-corrected chi connectivity index (χ1v) is 5.98. The minimum Gasteiger partial charge on any atom is -0.257 e. The molecule has 0 radical (unpaired) electrons. The van der Waals surface area contributed by atoms with Crippen LogP contribution in [0.2, 0.25) is 5.02 Å². The van der Waals surface area contributed by atoms with Gasteiger partial charge in [-0.15, -0.1) is 12.6 Å². The van der Waals surface area contributed by atoms with E-state index in [0.717, 1.165) is 16.2 Å². The van der Waals surface area contributed by atoms with E-state index in [9.17, 15) is 0 Å². The molecule has 0 saturated carbocycles. The Morgan fingerprint density at radius 1 is 1.47 bits per heavy atom. The minimum absolute atomic E-state index is 0.643. The van der Waals surface area contributed by atoms with Gasteiger partial charge in [0.25, 0.3) is 0 Å². The molecule has 0 atom stereocenters. The molecule has 0 aliphatic carbocycles. The zero-order valence-corrected chi connectivity index (χ0v) is 11.2. The maximum atomic E-state index is 6.07. The molecule has 17 heavy (non-hydrogen) atoms. The molecule has 0 heterocycles.